The van der Waals surface area contributed by atoms with Crippen LogP contribution >= 0.6 is 11.6 Å². The Hall–Kier alpha value is -1.67. The molecule has 20 heavy (non-hydrogen) atoms. The van der Waals surface area contributed by atoms with Crippen molar-refractivity contribution in [1.29, 1.82) is 0 Å². The minimum Gasteiger partial charge on any atom is -0.298 e. The predicted molar refractivity (Wildman–Crippen MR) is 79.9 cm³/mol. The Morgan fingerprint density at radius 3 is 2.55 bits per heavy atom. The summed E-state index contributed by atoms with van der Waals surface area (Å²) < 4.78 is 0. The molecule has 1 fully saturated rings. The first-order valence-corrected chi connectivity index (χ1v) is 7.27. The van der Waals surface area contributed by atoms with Gasteiger partial charge >= 0.3 is 0 Å². The van der Waals surface area contributed by atoms with E-state index in [-0.39, 0.29) is 11.2 Å². The molecular weight excluding hydrogens is 270 g/mol. The predicted octanol–water partition coefficient (Wildman–Crippen LogP) is 3.97. The number of benzene rings is 1. The molecule has 0 spiro atoms. The molecule has 1 aliphatic rings. The van der Waals surface area contributed by atoms with E-state index in [1.54, 1.807) is 12.4 Å². The second-order valence-electron chi connectivity index (χ2n) is 5.37. The van der Waals surface area contributed by atoms with Gasteiger partial charge in [-0.1, -0.05) is 48.4 Å². The van der Waals surface area contributed by atoms with Crippen molar-refractivity contribution in [3.63, 3.8) is 0 Å². The van der Waals surface area contributed by atoms with Crippen LogP contribution in [0, 0.1) is 0 Å². The lowest BCUT2D eigenvalue weighted by molar-refractivity contribution is -0.127. The molecule has 1 aromatic carbocycles. The van der Waals surface area contributed by atoms with Crippen LogP contribution in [0.5, 0.6) is 0 Å². The fourth-order valence-corrected chi connectivity index (χ4v) is 3.09. The van der Waals surface area contributed by atoms with E-state index in [9.17, 15) is 4.79 Å². The zero-order valence-corrected chi connectivity index (χ0v) is 11.9. The molecule has 0 atom stereocenters. The third kappa shape index (κ3) is 2.25. The normalized spacial score (nSPS) is 16.4. The van der Waals surface area contributed by atoms with Gasteiger partial charge in [-0.3, -0.25) is 9.78 Å². The maximum absolute atomic E-state index is 12.8. The molecule has 2 aromatic rings. The van der Waals surface area contributed by atoms with Gasteiger partial charge in [0.25, 0.3) is 0 Å². The maximum Gasteiger partial charge on any atom is 0.147 e. The first-order chi connectivity index (χ1) is 9.72. The largest absolute Gasteiger partial charge is 0.298 e. The lowest BCUT2D eigenvalue weighted by Crippen LogP contribution is -2.43. The van der Waals surface area contributed by atoms with Crippen molar-refractivity contribution in [2.24, 2.45) is 0 Å². The standard InChI is InChI=1S/C17H16ClNO/c18-15-12-19-10-7-13(15)11-16(20)17(8-4-9-17)14-5-2-1-3-6-14/h1-3,5-7,10,12H,4,8-9,11H2. The quantitative estimate of drug-likeness (QED) is 0.851. The molecule has 0 bridgehead atoms. The van der Waals surface area contributed by atoms with Crippen LogP contribution in [0.25, 0.3) is 0 Å². The molecule has 1 aromatic heterocycles. The molecule has 0 saturated heterocycles. The SMILES string of the molecule is O=C(Cc1ccncc1Cl)C1(c2ccccc2)CCC1. The maximum atomic E-state index is 12.8. The van der Waals surface area contributed by atoms with Crippen molar-refractivity contribution in [2.75, 3.05) is 0 Å². The smallest absolute Gasteiger partial charge is 0.147 e. The third-order valence-electron chi connectivity index (χ3n) is 4.27. The van der Waals surface area contributed by atoms with E-state index in [4.69, 9.17) is 11.6 Å². The van der Waals surface area contributed by atoms with Gasteiger partial charge in [-0.2, -0.15) is 0 Å². The Labute approximate surface area is 123 Å². The summed E-state index contributed by atoms with van der Waals surface area (Å²) in [4.78, 5) is 16.8. The van der Waals surface area contributed by atoms with Gasteiger partial charge in [0.2, 0.25) is 0 Å². The molecule has 3 rings (SSSR count). The van der Waals surface area contributed by atoms with Crippen LogP contribution in [0.2, 0.25) is 5.02 Å². The summed E-state index contributed by atoms with van der Waals surface area (Å²) in [5.41, 5.74) is 1.71. The Kier molecular flexibility index (Phi) is 3.58. The Balaban J connectivity index is 1.87. The van der Waals surface area contributed by atoms with Gasteiger partial charge in [0.1, 0.15) is 5.78 Å². The molecule has 0 radical (unpaired) electrons. The van der Waals surface area contributed by atoms with Crippen molar-refractivity contribution < 1.29 is 4.79 Å². The molecule has 102 valence electrons. The number of halogens is 1. The van der Waals surface area contributed by atoms with Crippen molar-refractivity contribution in [3.05, 3.63) is 64.9 Å². The minimum absolute atomic E-state index is 0.267. The lowest BCUT2D eigenvalue weighted by atomic mass is 9.61. The van der Waals surface area contributed by atoms with Gasteiger partial charge < -0.3 is 0 Å². The molecule has 0 N–H and O–H groups in total. The van der Waals surface area contributed by atoms with E-state index in [1.807, 2.05) is 24.3 Å². The van der Waals surface area contributed by atoms with Gasteiger partial charge in [-0.05, 0) is 30.0 Å². The number of nitrogens with zero attached hydrogens (tertiary/aromatic N) is 1. The lowest BCUT2D eigenvalue weighted by Gasteiger charge is -2.41. The van der Waals surface area contributed by atoms with E-state index < -0.39 is 0 Å². The first-order valence-electron chi connectivity index (χ1n) is 6.90. The molecule has 1 saturated carbocycles. The summed E-state index contributed by atoms with van der Waals surface area (Å²) in [5, 5.41) is 0.573. The van der Waals surface area contributed by atoms with E-state index in [0.717, 1.165) is 30.4 Å². The average molecular weight is 286 g/mol. The van der Waals surface area contributed by atoms with Crippen molar-refractivity contribution in [2.45, 2.75) is 31.1 Å². The number of carbonyl (C=O) groups is 1. The molecular formula is C17H16ClNO. The number of carbonyl (C=O) groups excluding carboxylic acids is 1. The van der Waals surface area contributed by atoms with Crippen LogP contribution in [0.4, 0.5) is 0 Å². The van der Waals surface area contributed by atoms with Crippen molar-refractivity contribution in [3.8, 4) is 0 Å². The van der Waals surface area contributed by atoms with Crippen molar-refractivity contribution >= 4 is 17.4 Å². The number of hydrogen-bond acceptors (Lipinski definition) is 2. The summed E-state index contributed by atoms with van der Waals surface area (Å²) in [5.74, 6) is 0.267. The summed E-state index contributed by atoms with van der Waals surface area (Å²) in [6.07, 6.45) is 6.67. The molecule has 1 heterocycles. The van der Waals surface area contributed by atoms with Gasteiger partial charge in [0.05, 0.1) is 10.4 Å². The first kappa shape index (κ1) is 13.3. The second-order valence-corrected chi connectivity index (χ2v) is 5.78. The number of hydrogen-bond donors (Lipinski definition) is 0. The highest BCUT2D eigenvalue weighted by Crippen LogP contribution is 2.45. The zero-order valence-electron chi connectivity index (χ0n) is 11.2. The minimum atomic E-state index is -0.298. The summed E-state index contributed by atoms with van der Waals surface area (Å²) >= 11 is 6.11. The number of Topliss-reactive ketones (excluding diaryl/α,β-unsaturated/α-hetero) is 1. The average Bonchev–Trinajstić information content (AvgIpc) is 2.41. The monoisotopic (exact) mass is 285 g/mol. The highest BCUT2D eigenvalue weighted by atomic mass is 35.5. The molecule has 0 aliphatic heterocycles. The van der Waals surface area contributed by atoms with Crippen molar-refractivity contribution in [1.82, 2.24) is 4.98 Å². The number of rotatable bonds is 4. The number of ketones is 1. The van der Waals surface area contributed by atoms with E-state index in [2.05, 4.69) is 17.1 Å². The number of pyridine rings is 1. The highest BCUT2D eigenvalue weighted by Gasteiger charge is 2.44. The van der Waals surface area contributed by atoms with Gasteiger partial charge in [0, 0.05) is 18.8 Å². The Morgan fingerprint density at radius 1 is 1.20 bits per heavy atom. The molecule has 2 nitrogen and oxygen atoms in total. The molecule has 0 amide bonds. The molecule has 1 aliphatic carbocycles. The zero-order chi connectivity index (χ0) is 14.0. The highest BCUT2D eigenvalue weighted by molar-refractivity contribution is 6.31. The fourth-order valence-electron chi connectivity index (χ4n) is 2.91. The van der Waals surface area contributed by atoms with E-state index in [1.165, 1.54) is 0 Å². The topological polar surface area (TPSA) is 30.0 Å². The summed E-state index contributed by atoms with van der Waals surface area (Å²) in [6.45, 7) is 0. The van der Waals surface area contributed by atoms with Crippen LogP contribution in [0.1, 0.15) is 30.4 Å². The van der Waals surface area contributed by atoms with Crippen LogP contribution in [-0.2, 0) is 16.6 Å². The summed E-state index contributed by atoms with van der Waals surface area (Å²) in [7, 11) is 0. The summed E-state index contributed by atoms with van der Waals surface area (Å²) in [6, 6.07) is 11.9. The fraction of sp³-hybridized carbons (Fsp3) is 0.294. The van der Waals surface area contributed by atoms with Gasteiger partial charge in [-0.25, -0.2) is 0 Å². The van der Waals surface area contributed by atoms with Crippen LogP contribution in [-0.4, -0.2) is 10.8 Å². The molecule has 3 heteroatoms. The van der Waals surface area contributed by atoms with Crippen LogP contribution < -0.4 is 0 Å². The van der Waals surface area contributed by atoms with E-state index in [0.29, 0.717) is 11.4 Å². The Bertz CT molecular complexity index is 620. The van der Waals surface area contributed by atoms with Crippen LogP contribution in [0.15, 0.2) is 48.8 Å². The third-order valence-corrected chi connectivity index (χ3v) is 4.62. The Morgan fingerprint density at radius 2 is 1.95 bits per heavy atom. The van der Waals surface area contributed by atoms with Crippen LogP contribution in [0.3, 0.4) is 0 Å². The number of aromatic nitrogens is 1. The van der Waals surface area contributed by atoms with Gasteiger partial charge in [-0.15, -0.1) is 0 Å². The van der Waals surface area contributed by atoms with Gasteiger partial charge in [0.15, 0.2) is 0 Å². The van der Waals surface area contributed by atoms with E-state index >= 15 is 0 Å². The molecule has 0 unspecified atom stereocenters. The second kappa shape index (κ2) is 5.37.